The molecule has 0 aliphatic heterocycles. The Kier molecular flexibility index (Phi) is 3.28. The van der Waals surface area contributed by atoms with Gasteiger partial charge in [0.1, 0.15) is 5.82 Å². The Labute approximate surface area is 117 Å². The summed E-state index contributed by atoms with van der Waals surface area (Å²) in [5, 5.41) is 10.9. The first-order valence-corrected chi connectivity index (χ1v) is 6.65. The molecular weight excluding hydrogens is 253 g/mol. The maximum absolute atomic E-state index is 12.9. The number of nitrogens with zero attached hydrogens (tertiary/aromatic N) is 1. The number of benzene rings is 2. The first-order valence-electron chi connectivity index (χ1n) is 6.65. The molecule has 2 nitrogen and oxygen atoms in total. The van der Waals surface area contributed by atoms with Crippen LogP contribution in [0.4, 0.5) is 4.39 Å². The predicted molar refractivity (Wildman–Crippen MR) is 78.1 cm³/mol. The van der Waals surface area contributed by atoms with Gasteiger partial charge < -0.3 is 9.67 Å². The lowest BCUT2D eigenvalue weighted by Gasteiger charge is -2.05. The quantitative estimate of drug-likeness (QED) is 0.767. The zero-order chi connectivity index (χ0) is 14.1. The number of rotatable bonds is 3. The maximum atomic E-state index is 12.9. The number of aliphatic hydroxyl groups excluding tert-OH is 1. The van der Waals surface area contributed by atoms with Gasteiger partial charge in [-0.2, -0.15) is 0 Å². The SMILES string of the molecule is CC(O)c1cn(Cc2ccc(F)cc2)c2ccccc12. The zero-order valence-corrected chi connectivity index (χ0v) is 11.3. The molecule has 1 heterocycles. The third kappa shape index (κ3) is 2.32. The highest BCUT2D eigenvalue weighted by atomic mass is 19.1. The van der Waals surface area contributed by atoms with Crippen LogP contribution in [0, 0.1) is 5.82 Å². The summed E-state index contributed by atoms with van der Waals surface area (Å²) < 4.78 is 15.0. The molecule has 0 aliphatic rings. The first kappa shape index (κ1) is 12.9. The lowest BCUT2D eigenvalue weighted by Crippen LogP contribution is -1.98. The summed E-state index contributed by atoms with van der Waals surface area (Å²) in [5.74, 6) is -0.226. The number of para-hydroxylation sites is 1. The van der Waals surface area contributed by atoms with Gasteiger partial charge in [0.15, 0.2) is 0 Å². The summed E-state index contributed by atoms with van der Waals surface area (Å²) in [4.78, 5) is 0. The van der Waals surface area contributed by atoms with E-state index in [9.17, 15) is 9.50 Å². The van der Waals surface area contributed by atoms with E-state index in [0.717, 1.165) is 22.0 Å². The van der Waals surface area contributed by atoms with Crippen molar-refractivity contribution in [3.05, 3.63) is 71.7 Å². The third-order valence-electron chi connectivity index (χ3n) is 3.54. The van der Waals surface area contributed by atoms with Crippen molar-refractivity contribution in [2.75, 3.05) is 0 Å². The standard InChI is InChI=1S/C17H16FNO/c1-12(20)16-11-19(17-5-3-2-4-15(16)17)10-13-6-8-14(18)9-7-13/h2-9,11-12,20H,10H2,1H3. The van der Waals surface area contributed by atoms with Gasteiger partial charge in [-0.1, -0.05) is 30.3 Å². The van der Waals surface area contributed by atoms with Crippen LogP contribution in [0.5, 0.6) is 0 Å². The van der Waals surface area contributed by atoms with Crippen LogP contribution in [0.25, 0.3) is 10.9 Å². The zero-order valence-electron chi connectivity index (χ0n) is 11.3. The molecule has 1 N–H and O–H groups in total. The first-order chi connectivity index (χ1) is 9.65. The van der Waals surface area contributed by atoms with E-state index in [1.165, 1.54) is 12.1 Å². The molecule has 1 unspecified atom stereocenters. The van der Waals surface area contributed by atoms with Gasteiger partial charge in [-0.3, -0.25) is 0 Å². The fraction of sp³-hybridized carbons (Fsp3) is 0.176. The molecule has 0 saturated carbocycles. The summed E-state index contributed by atoms with van der Waals surface area (Å²) >= 11 is 0. The van der Waals surface area contributed by atoms with E-state index in [1.54, 1.807) is 19.1 Å². The van der Waals surface area contributed by atoms with Crippen LogP contribution in [-0.4, -0.2) is 9.67 Å². The van der Waals surface area contributed by atoms with Crippen molar-refractivity contribution in [2.24, 2.45) is 0 Å². The van der Waals surface area contributed by atoms with Crippen LogP contribution < -0.4 is 0 Å². The monoisotopic (exact) mass is 269 g/mol. The molecule has 3 heteroatoms. The summed E-state index contributed by atoms with van der Waals surface area (Å²) in [6.07, 6.45) is 1.47. The van der Waals surface area contributed by atoms with E-state index < -0.39 is 6.10 Å². The molecule has 3 rings (SSSR count). The third-order valence-corrected chi connectivity index (χ3v) is 3.54. The molecule has 0 bridgehead atoms. The smallest absolute Gasteiger partial charge is 0.123 e. The minimum atomic E-state index is -0.505. The van der Waals surface area contributed by atoms with Gasteiger partial charge in [-0.25, -0.2) is 4.39 Å². The van der Waals surface area contributed by atoms with Crippen molar-refractivity contribution in [1.29, 1.82) is 0 Å². The van der Waals surface area contributed by atoms with Crippen LogP contribution >= 0.6 is 0 Å². The lowest BCUT2D eigenvalue weighted by molar-refractivity contribution is 0.200. The molecule has 0 aliphatic carbocycles. The Morgan fingerprint density at radius 3 is 2.50 bits per heavy atom. The van der Waals surface area contributed by atoms with Gasteiger partial charge in [0, 0.05) is 29.2 Å². The highest BCUT2D eigenvalue weighted by molar-refractivity contribution is 5.84. The second-order valence-corrected chi connectivity index (χ2v) is 5.03. The number of hydrogen-bond acceptors (Lipinski definition) is 1. The van der Waals surface area contributed by atoms with Crippen molar-refractivity contribution < 1.29 is 9.50 Å². The molecule has 0 radical (unpaired) electrons. The molecule has 0 saturated heterocycles. The number of hydrogen-bond donors (Lipinski definition) is 1. The predicted octanol–water partition coefficient (Wildman–Crippen LogP) is 3.88. The highest BCUT2D eigenvalue weighted by Crippen LogP contribution is 2.27. The Morgan fingerprint density at radius 2 is 1.80 bits per heavy atom. The minimum absolute atomic E-state index is 0.226. The Morgan fingerprint density at radius 1 is 1.10 bits per heavy atom. The molecule has 3 aromatic rings. The minimum Gasteiger partial charge on any atom is -0.389 e. The van der Waals surface area contributed by atoms with Crippen molar-refractivity contribution in [3.8, 4) is 0 Å². The molecule has 0 fully saturated rings. The summed E-state index contributed by atoms with van der Waals surface area (Å²) in [6.45, 7) is 2.43. The average Bonchev–Trinajstić information content (AvgIpc) is 2.81. The molecule has 0 amide bonds. The van der Waals surface area contributed by atoms with Crippen LogP contribution in [0.3, 0.4) is 0 Å². The van der Waals surface area contributed by atoms with Crippen LogP contribution in [-0.2, 0) is 6.54 Å². The molecule has 2 aromatic carbocycles. The number of aromatic nitrogens is 1. The number of fused-ring (bicyclic) bond motifs is 1. The summed E-state index contributed by atoms with van der Waals surface area (Å²) in [6, 6.07) is 14.5. The Hall–Kier alpha value is -2.13. The van der Waals surface area contributed by atoms with Gasteiger partial charge in [-0.15, -0.1) is 0 Å². The normalized spacial score (nSPS) is 12.8. The molecule has 102 valence electrons. The van der Waals surface area contributed by atoms with E-state index in [-0.39, 0.29) is 5.82 Å². The van der Waals surface area contributed by atoms with E-state index in [1.807, 2.05) is 30.5 Å². The fourth-order valence-corrected chi connectivity index (χ4v) is 2.53. The average molecular weight is 269 g/mol. The summed E-state index contributed by atoms with van der Waals surface area (Å²) in [7, 11) is 0. The van der Waals surface area contributed by atoms with E-state index in [4.69, 9.17) is 0 Å². The van der Waals surface area contributed by atoms with Gasteiger partial charge >= 0.3 is 0 Å². The van der Waals surface area contributed by atoms with Crippen LogP contribution in [0.2, 0.25) is 0 Å². The molecule has 1 atom stereocenters. The van der Waals surface area contributed by atoms with E-state index in [0.29, 0.717) is 6.54 Å². The van der Waals surface area contributed by atoms with Crippen molar-refractivity contribution in [3.63, 3.8) is 0 Å². The van der Waals surface area contributed by atoms with Crippen molar-refractivity contribution in [1.82, 2.24) is 4.57 Å². The largest absolute Gasteiger partial charge is 0.389 e. The van der Waals surface area contributed by atoms with E-state index >= 15 is 0 Å². The van der Waals surface area contributed by atoms with Gasteiger partial charge in [0.2, 0.25) is 0 Å². The summed E-state index contributed by atoms with van der Waals surface area (Å²) in [5.41, 5.74) is 3.03. The maximum Gasteiger partial charge on any atom is 0.123 e. The molecule has 1 aromatic heterocycles. The van der Waals surface area contributed by atoms with Crippen molar-refractivity contribution >= 4 is 10.9 Å². The number of halogens is 1. The van der Waals surface area contributed by atoms with Crippen molar-refractivity contribution in [2.45, 2.75) is 19.6 Å². The number of aliphatic hydroxyl groups is 1. The van der Waals surface area contributed by atoms with E-state index in [2.05, 4.69) is 4.57 Å². The Bertz CT molecular complexity index is 728. The second-order valence-electron chi connectivity index (χ2n) is 5.03. The topological polar surface area (TPSA) is 25.2 Å². The van der Waals surface area contributed by atoms with Gasteiger partial charge in [0.25, 0.3) is 0 Å². The van der Waals surface area contributed by atoms with Crippen LogP contribution in [0.15, 0.2) is 54.7 Å². The second kappa shape index (κ2) is 5.10. The highest BCUT2D eigenvalue weighted by Gasteiger charge is 2.11. The Balaban J connectivity index is 2.05. The van der Waals surface area contributed by atoms with Crippen LogP contribution in [0.1, 0.15) is 24.2 Å². The van der Waals surface area contributed by atoms with Gasteiger partial charge in [-0.05, 0) is 30.7 Å². The molecule has 20 heavy (non-hydrogen) atoms. The van der Waals surface area contributed by atoms with Gasteiger partial charge in [0.05, 0.1) is 6.10 Å². The molecule has 0 spiro atoms. The fourth-order valence-electron chi connectivity index (χ4n) is 2.53. The molecular formula is C17H16FNO. The lowest BCUT2D eigenvalue weighted by atomic mass is 10.1.